The molecule has 0 atom stereocenters. The molecule has 0 fully saturated rings. The molecular formula is C20H20N2O5S2. The van der Waals surface area contributed by atoms with Crippen LogP contribution in [0.15, 0.2) is 52.7 Å². The van der Waals surface area contributed by atoms with Crippen molar-refractivity contribution in [3.63, 3.8) is 0 Å². The van der Waals surface area contributed by atoms with Crippen LogP contribution in [0.4, 0.5) is 5.13 Å². The van der Waals surface area contributed by atoms with Gasteiger partial charge in [0.15, 0.2) is 15.0 Å². The molecule has 1 amide bonds. The number of aromatic nitrogens is 1. The Labute approximate surface area is 173 Å². The second kappa shape index (κ2) is 8.62. The number of carbonyl (C=O) groups excluding carboxylic acids is 1. The quantitative estimate of drug-likeness (QED) is 0.609. The zero-order valence-electron chi connectivity index (χ0n) is 16.1. The molecule has 3 aromatic rings. The van der Waals surface area contributed by atoms with Crippen LogP contribution >= 0.6 is 11.3 Å². The molecule has 0 radical (unpaired) electrons. The third kappa shape index (κ3) is 4.57. The molecule has 0 saturated carbocycles. The average Bonchev–Trinajstić information content (AvgIpc) is 3.21. The highest BCUT2D eigenvalue weighted by Crippen LogP contribution is 2.35. The molecule has 1 heterocycles. The van der Waals surface area contributed by atoms with E-state index < -0.39 is 15.7 Å². The number of carbonyl (C=O) groups is 1. The number of hydrogen-bond acceptors (Lipinski definition) is 7. The molecule has 3 rings (SSSR count). The fourth-order valence-corrected chi connectivity index (χ4v) is 4.27. The minimum Gasteiger partial charge on any atom is -0.497 e. The minimum atomic E-state index is -3.39. The number of sulfone groups is 1. The molecule has 0 aliphatic rings. The summed E-state index contributed by atoms with van der Waals surface area (Å²) in [4.78, 5) is 17.1. The van der Waals surface area contributed by atoms with Crippen LogP contribution in [-0.2, 0) is 9.84 Å². The van der Waals surface area contributed by atoms with E-state index in [0.29, 0.717) is 22.3 Å². The van der Waals surface area contributed by atoms with E-state index in [2.05, 4.69) is 10.3 Å². The van der Waals surface area contributed by atoms with E-state index in [1.54, 1.807) is 56.9 Å². The Morgan fingerprint density at radius 3 is 2.62 bits per heavy atom. The summed E-state index contributed by atoms with van der Waals surface area (Å²) in [6.07, 6.45) is 0. The lowest BCUT2D eigenvalue weighted by Crippen LogP contribution is -2.13. The van der Waals surface area contributed by atoms with Crippen LogP contribution < -0.4 is 14.8 Å². The van der Waals surface area contributed by atoms with Crippen molar-refractivity contribution < 1.29 is 22.7 Å². The largest absolute Gasteiger partial charge is 0.497 e. The van der Waals surface area contributed by atoms with Gasteiger partial charge in [0, 0.05) is 16.5 Å². The van der Waals surface area contributed by atoms with Crippen molar-refractivity contribution in [3.05, 3.63) is 53.4 Å². The van der Waals surface area contributed by atoms with Gasteiger partial charge in [0.2, 0.25) is 0 Å². The predicted octanol–water partition coefficient (Wildman–Crippen LogP) is 3.87. The van der Waals surface area contributed by atoms with Crippen LogP contribution in [0.1, 0.15) is 17.3 Å². The van der Waals surface area contributed by atoms with E-state index in [4.69, 9.17) is 9.47 Å². The molecule has 9 heteroatoms. The fraction of sp³-hybridized carbons (Fsp3) is 0.200. The van der Waals surface area contributed by atoms with Crippen LogP contribution in [0.2, 0.25) is 0 Å². The maximum absolute atomic E-state index is 12.6. The molecule has 0 spiro atoms. The third-order valence-corrected chi connectivity index (χ3v) is 6.73. The highest BCUT2D eigenvalue weighted by Gasteiger charge is 2.16. The summed E-state index contributed by atoms with van der Waals surface area (Å²) in [5.74, 6) is 0.826. The molecule has 2 aromatic carbocycles. The zero-order chi connectivity index (χ0) is 21.0. The van der Waals surface area contributed by atoms with Crippen molar-refractivity contribution in [1.29, 1.82) is 0 Å². The van der Waals surface area contributed by atoms with Crippen molar-refractivity contribution in [2.75, 3.05) is 25.3 Å². The zero-order valence-corrected chi connectivity index (χ0v) is 17.8. The van der Waals surface area contributed by atoms with Gasteiger partial charge in [-0.05, 0) is 36.4 Å². The second-order valence-corrected chi connectivity index (χ2v) is 9.13. The minimum absolute atomic E-state index is 0.0315. The van der Waals surface area contributed by atoms with E-state index in [1.165, 1.54) is 23.5 Å². The summed E-state index contributed by atoms with van der Waals surface area (Å²) in [6.45, 7) is 1.56. The van der Waals surface area contributed by atoms with Gasteiger partial charge < -0.3 is 9.47 Å². The first-order chi connectivity index (χ1) is 13.9. The summed E-state index contributed by atoms with van der Waals surface area (Å²) < 4.78 is 34.7. The molecule has 152 valence electrons. The Morgan fingerprint density at radius 2 is 1.93 bits per heavy atom. The Morgan fingerprint density at radius 1 is 1.14 bits per heavy atom. The standard InChI is InChI=1S/C20H20N2O5S2/c1-4-29(24,25)15-7-5-6-13(10-15)19(23)22-20-21-17(12-28-20)16-11-14(26-2)8-9-18(16)27-3/h5-12H,4H2,1-3H3,(H,21,22,23). The first-order valence-corrected chi connectivity index (χ1v) is 11.2. The van der Waals surface area contributed by atoms with Gasteiger partial charge >= 0.3 is 0 Å². The molecule has 29 heavy (non-hydrogen) atoms. The summed E-state index contributed by atoms with van der Waals surface area (Å²) >= 11 is 1.26. The lowest BCUT2D eigenvalue weighted by atomic mass is 10.1. The fourth-order valence-electron chi connectivity index (χ4n) is 2.64. The number of thiazole rings is 1. The van der Waals surface area contributed by atoms with Crippen LogP contribution in [-0.4, -0.2) is 39.3 Å². The van der Waals surface area contributed by atoms with Gasteiger partial charge in [-0.1, -0.05) is 13.0 Å². The van der Waals surface area contributed by atoms with Crippen LogP contribution in [0.5, 0.6) is 11.5 Å². The van der Waals surface area contributed by atoms with Crippen molar-refractivity contribution in [3.8, 4) is 22.8 Å². The summed E-state index contributed by atoms with van der Waals surface area (Å²) in [6, 6.07) is 11.3. The number of hydrogen-bond donors (Lipinski definition) is 1. The van der Waals surface area contributed by atoms with Gasteiger partial charge in [-0.2, -0.15) is 0 Å². The lowest BCUT2D eigenvalue weighted by molar-refractivity contribution is 0.102. The van der Waals surface area contributed by atoms with Crippen molar-refractivity contribution in [2.24, 2.45) is 0 Å². The van der Waals surface area contributed by atoms with Crippen LogP contribution in [0.25, 0.3) is 11.3 Å². The van der Waals surface area contributed by atoms with Crippen LogP contribution in [0.3, 0.4) is 0 Å². The van der Waals surface area contributed by atoms with Crippen molar-refractivity contribution in [2.45, 2.75) is 11.8 Å². The lowest BCUT2D eigenvalue weighted by Gasteiger charge is -2.08. The smallest absolute Gasteiger partial charge is 0.257 e. The molecular weight excluding hydrogens is 412 g/mol. The van der Waals surface area contributed by atoms with Gasteiger partial charge in [0.1, 0.15) is 11.5 Å². The van der Waals surface area contributed by atoms with E-state index >= 15 is 0 Å². The van der Waals surface area contributed by atoms with Crippen LogP contribution in [0, 0.1) is 0 Å². The molecule has 0 unspecified atom stereocenters. The SMILES string of the molecule is CCS(=O)(=O)c1cccc(C(=O)Nc2nc(-c3cc(OC)ccc3OC)cs2)c1. The molecule has 0 aliphatic carbocycles. The van der Waals surface area contributed by atoms with Crippen molar-refractivity contribution >= 4 is 32.2 Å². The van der Waals surface area contributed by atoms with Gasteiger partial charge in [-0.25, -0.2) is 13.4 Å². The Hall–Kier alpha value is -2.91. The Bertz CT molecular complexity index is 1140. The number of nitrogens with one attached hydrogen (secondary N) is 1. The topological polar surface area (TPSA) is 94.6 Å². The highest BCUT2D eigenvalue weighted by molar-refractivity contribution is 7.91. The number of nitrogens with zero attached hydrogens (tertiary/aromatic N) is 1. The first kappa shape index (κ1) is 20.8. The molecule has 1 aromatic heterocycles. The molecule has 0 aliphatic heterocycles. The van der Waals surface area contributed by atoms with E-state index in [-0.39, 0.29) is 16.2 Å². The number of ether oxygens (including phenoxy) is 2. The average molecular weight is 433 g/mol. The van der Waals surface area contributed by atoms with Gasteiger partial charge in [0.25, 0.3) is 5.91 Å². The van der Waals surface area contributed by atoms with Gasteiger partial charge in [0.05, 0.1) is 30.6 Å². The number of anilines is 1. The maximum Gasteiger partial charge on any atom is 0.257 e. The summed E-state index contributed by atoms with van der Waals surface area (Å²) in [5, 5.41) is 4.90. The monoisotopic (exact) mass is 432 g/mol. The predicted molar refractivity (Wildman–Crippen MR) is 113 cm³/mol. The molecule has 1 N–H and O–H groups in total. The number of rotatable bonds is 7. The normalized spacial score (nSPS) is 11.1. The number of amides is 1. The van der Waals surface area contributed by atoms with Gasteiger partial charge in [-0.3, -0.25) is 10.1 Å². The highest BCUT2D eigenvalue weighted by atomic mass is 32.2. The summed E-state index contributed by atoms with van der Waals surface area (Å²) in [7, 11) is -0.250. The maximum atomic E-state index is 12.6. The van der Waals surface area contributed by atoms with E-state index in [1.807, 2.05) is 0 Å². The van der Waals surface area contributed by atoms with E-state index in [0.717, 1.165) is 5.56 Å². The Kier molecular flexibility index (Phi) is 6.19. The first-order valence-electron chi connectivity index (χ1n) is 8.70. The second-order valence-electron chi connectivity index (χ2n) is 5.99. The summed E-state index contributed by atoms with van der Waals surface area (Å²) in [5.41, 5.74) is 1.61. The Balaban J connectivity index is 1.84. The number of benzene rings is 2. The van der Waals surface area contributed by atoms with Gasteiger partial charge in [-0.15, -0.1) is 11.3 Å². The molecule has 0 bridgehead atoms. The van der Waals surface area contributed by atoms with E-state index in [9.17, 15) is 13.2 Å². The molecule has 7 nitrogen and oxygen atoms in total. The molecule has 0 saturated heterocycles. The van der Waals surface area contributed by atoms with Crippen molar-refractivity contribution in [1.82, 2.24) is 4.98 Å². The third-order valence-electron chi connectivity index (χ3n) is 4.24. The number of methoxy groups -OCH3 is 2.